The van der Waals surface area contributed by atoms with E-state index >= 15 is 0 Å². The van der Waals surface area contributed by atoms with Crippen molar-refractivity contribution in [3.8, 4) is 22.3 Å². The van der Waals surface area contributed by atoms with Crippen LogP contribution in [0.15, 0.2) is 71.9 Å². The minimum atomic E-state index is -0.00381. The molecule has 0 aliphatic rings. The third kappa shape index (κ3) is 2.26. The highest BCUT2D eigenvalue weighted by molar-refractivity contribution is 5.71. The molecule has 2 aromatic heterocycles. The highest BCUT2D eigenvalue weighted by Crippen LogP contribution is 2.22. The Labute approximate surface area is 117 Å². The third-order valence-corrected chi connectivity index (χ3v) is 3.28. The van der Waals surface area contributed by atoms with E-state index in [1.165, 1.54) is 0 Å². The SMILES string of the molecule is Cn1cc(-c2ccccc2)cc(-c2ccncc2)c1=O. The zero-order valence-corrected chi connectivity index (χ0v) is 11.2. The van der Waals surface area contributed by atoms with Gasteiger partial charge in [0.05, 0.1) is 0 Å². The zero-order valence-electron chi connectivity index (χ0n) is 11.2. The van der Waals surface area contributed by atoms with Crippen LogP contribution in [0.3, 0.4) is 0 Å². The molecule has 3 aromatic rings. The summed E-state index contributed by atoms with van der Waals surface area (Å²) in [7, 11) is 1.78. The van der Waals surface area contributed by atoms with Gasteiger partial charge in [-0.3, -0.25) is 9.78 Å². The second kappa shape index (κ2) is 5.13. The second-order valence-corrected chi connectivity index (χ2v) is 4.66. The van der Waals surface area contributed by atoms with Crippen LogP contribution in [-0.4, -0.2) is 9.55 Å². The molecule has 0 radical (unpaired) electrons. The molecule has 20 heavy (non-hydrogen) atoms. The standard InChI is InChI=1S/C17H14N2O/c1-19-12-15(13-5-3-2-4-6-13)11-16(17(19)20)14-7-9-18-10-8-14/h2-12H,1H3. The Morgan fingerprint density at radius 2 is 1.60 bits per heavy atom. The van der Waals surface area contributed by atoms with E-state index in [9.17, 15) is 4.79 Å². The van der Waals surface area contributed by atoms with E-state index in [1.807, 2.05) is 54.7 Å². The van der Waals surface area contributed by atoms with Gasteiger partial charge in [0, 0.05) is 31.2 Å². The van der Waals surface area contributed by atoms with Gasteiger partial charge in [0.1, 0.15) is 0 Å². The van der Waals surface area contributed by atoms with Crippen molar-refractivity contribution < 1.29 is 0 Å². The number of benzene rings is 1. The monoisotopic (exact) mass is 262 g/mol. The van der Waals surface area contributed by atoms with Crippen LogP contribution in [0.5, 0.6) is 0 Å². The predicted octanol–water partition coefficient (Wildman–Crippen LogP) is 3.11. The highest BCUT2D eigenvalue weighted by Gasteiger charge is 2.08. The van der Waals surface area contributed by atoms with Crippen LogP contribution in [0, 0.1) is 0 Å². The van der Waals surface area contributed by atoms with Gasteiger partial charge in [0.15, 0.2) is 0 Å². The number of aryl methyl sites for hydroxylation is 1. The summed E-state index contributed by atoms with van der Waals surface area (Å²) >= 11 is 0. The minimum Gasteiger partial charge on any atom is -0.317 e. The van der Waals surface area contributed by atoms with E-state index in [1.54, 1.807) is 24.0 Å². The molecule has 3 heteroatoms. The van der Waals surface area contributed by atoms with Gasteiger partial charge in [-0.1, -0.05) is 30.3 Å². The Hall–Kier alpha value is -2.68. The number of hydrogen-bond acceptors (Lipinski definition) is 2. The molecular weight excluding hydrogens is 248 g/mol. The molecular formula is C17H14N2O. The summed E-state index contributed by atoms with van der Waals surface area (Å²) in [5, 5.41) is 0. The number of pyridine rings is 2. The number of hydrogen-bond donors (Lipinski definition) is 0. The van der Waals surface area contributed by atoms with E-state index in [2.05, 4.69) is 4.98 Å². The number of nitrogens with zero attached hydrogens (tertiary/aromatic N) is 2. The molecule has 0 saturated carbocycles. The van der Waals surface area contributed by atoms with E-state index in [-0.39, 0.29) is 5.56 Å². The first kappa shape index (κ1) is 12.4. The molecule has 0 bridgehead atoms. The fourth-order valence-corrected chi connectivity index (χ4v) is 2.24. The topological polar surface area (TPSA) is 34.9 Å². The van der Waals surface area contributed by atoms with Crippen molar-refractivity contribution in [1.29, 1.82) is 0 Å². The molecule has 3 nitrogen and oxygen atoms in total. The lowest BCUT2D eigenvalue weighted by Gasteiger charge is -2.08. The van der Waals surface area contributed by atoms with Crippen LogP contribution in [-0.2, 0) is 7.05 Å². The molecule has 0 aliphatic heterocycles. The first-order valence-electron chi connectivity index (χ1n) is 6.42. The third-order valence-electron chi connectivity index (χ3n) is 3.28. The normalized spacial score (nSPS) is 10.4. The molecule has 0 fully saturated rings. The summed E-state index contributed by atoms with van der Waals surface area (Å²) in [6.07, 6.45) is 5.26. The van der Waals surface area contributed by atoms with Gasteiger partial charge in [-0.05, 0) is 34.9 Å². The van der Waals surface area contributed by atoms with Gasteiger partial charge in [0.2, 0.25) is 0 Å². The maximum atomic E-state index is 12.3. The van der Waals surface area contributed by atoms with Crippen LogP contribution < -0.4 is 5.56 Å². The molecule has 0 N–H and O–H groups in total. The average molecular weight is 262 g/mol. The summed E-state index contributed by atoms with van der Waals surface area (Å²) in [6.45, 7) is 0. The van der Waals surface area contributed by atoms with Gasteiger partial charge >= 0.3 is 0 Å². The molecule has 0 aliphatic carbocycles. The summed E-state index contributed by atoms with van der Waals surface area (Å²) < 4.78 is 1.62. The van der Waals surface area contributed by atoms with E-state index in [0.717, 1.165) is 16.7 Å². The predicted molar refractivity (Wildman–Crippen MR) is 80.4 cm³/mol. The van der Waals surface area contributed by atoms with Gasteiger partial charge < -0.3 is 4.57 Å². The fraction of sp³-hybridized carbons (Fsp3) is 0.0588. The van der Waals surface area contributed by atoms with Crippen molar-refractivity contribution in [3.63, 3.8) is 0 Å². The summed E-state index contributed by atoms with van der Waals surface area (Å²) in [5.41, 5.74) is 3.70. The second-order valence-electron chi connectivity index (χ2n) is 4.66. The number of aromatic nitrogens is 2. The van der Waals surface area contributed by atoms with Crippen LogP contribution in [0.2, 0.25) is 0 Å². The number of rotatable bonds is 2. The quantitative estimate of drug-likeness (QED) is 0.711. The minimum absolute atomic E-state index is 0.00381. The molecule has 0 spiro atoms. The zero-order chi connectivity index (χ0) is 13.9. The molecule has 3 rings (SSSR count). The first-order chi connectivity index (χ1) is 9.75. The molecule has 1 aromatic carbocycles. The Morgan fingerprint density at radius 1 is 0.900 bits per heavy atom. The van der Waals surface area contributed by atoms with E-state index in [4.69, 9.17) is 0 Å². The molecule has 0 saturated heterocycles. The largest absolute Gasteiger partial charge is 0.317 e. The van der Waals surface area contributed by atoms with E-state index in [0.29, 0.717) is 5.56 Å². The van der Waals surface area contributed by atoms with Crippen molar-refractivity contribution >= 4 is 0 Å². The summed E-state index contributed by atoms with van der Waals surface area (Å²) in [6, 6.07) is 15.7. The molecule has 0 unspecified atom stereocenters. The van der Waals surface area contributed by atoms with Crippen molar-refractivity contribution in [2.75, 3.05) is 0 Å². The Balaban J connectivity index is 2.22. The maximum Gasteiger partial charge on any atom is 0.258 e. The average Bonchev–Trinajstić information content (AvgIpc) is 2.51. The van der Waals surface area contributed by atoms with Gasteiger partial charge in [-0.15, -0.1) is 0 Å². The van der Waals surface area contributed by atoms with Crippen LogP contribution in [0.4, 0.5) is 0 Å². The Bertz CT molecular complexity index is 777. The van der Waals surface area contributed by atoms with Crippen molar-refractivity contribution in [2.24, 2.45) is 7.05 Å². The van der Waals surface area contributed by atoms with Crippen LogP contribution >= 0.6 is 0 Å². The van der Waals surface area contributed by atoms with E-state index < -0.39 is 0 Å². The van der Waals surface area contributed by atoms with Crippen molar-refractivity contribution in [1.82, 2.24) is 9.55 Å². The lowest BCUT2D eigenvalue weighted by atomic mass is 10.0. The lowest BCUT2D eigenvalue weighted by molar-refractivity contribution is 0.865. The van der Waals surface area contributed by atoms with Crippen molar-refractivity contribution in [2.45, 2.75) is 0 Å². The summed E-state index contributed by atoms with van der Waals surface area (Å²) in [5.74, 6) is 0. The molecule has 0 amide bonds. The fourth-order valence-electron chi connectivity index (χ4n) is 2.24. The Morgan fingerprint density at radius 3 is 2.30 bits per heavy atom. The highest BCUT2D eigenvalue weighted by atomic mass is 16.1. The van der Waals surface area contributed by atoms with Crippen molar-refractivity contribution in [3.05, 3.63) is 77.5 Å². The van der Waals surface area contributed by atoms with Crippen LogP contribution in [0.25, 0.3) is 22.3 Å². The summed E-state index contributed by atoms with van der Waals surface area (Å²) in [4.78, 5) is 16.3. The molecule has 98 valence electrons. The van der Waals surface area contributed by atoms with Gasteiger partial charge in [-0.2, -0.15) is 0 Å². The van der Waals surface area contributed by atoms with Gasteiger partial charge in [0.25, 0.3) is 5.56 Å². The smallest absolute Gasteiger partial charge is 0.258 e. The maximum absolute atomic E-state index is 12.3. The lowest BCUT2D eigenvalue weighted by Crippen LogP contribution is -2.18. The van der Waals surface area contributed by atoms with Crippen LogP contribution in [0.1, 0.15) is 0 Å². The molecule has 2 heterocycles. The molecule has 0 atom stereocenters. The first-order valence-corrected chi connectivity index (χ1v) is 6.42. The van der Waals surface area contributed by atoms with Gasteiger partial charge in [-0.25, -0.2) is 0 Å². The Kier molecular flexibility index (Phi) is 3.17.